The average Bonchev–Trinajstić information content (AvgIpc) is 2.66. The summed E-state index contributed by atoms with van der Waals surface area (Å²) >= 11 is 0. The first kappa shape index (κ1) is 18.8. The molecule has 6 heteroatoms. The molecule has 4 rings (SSSR count). The average molecular weight is 378 g/mol. The lowest BCUT2D eigenvalue weighted by molar-refractivity contribution is -0.186. The van der Waals surface area contributed by atoms with Crippen LogP contribution in [0.15, 0.2) is 0 Å². The third kappa shape index (κ3) is 2.95. The SMILES string of the molecule is O=C(O)C1CC2C3CCCCC3C3CCCCC3C2C(C(=O)O)C1C(=O)O. The Balaban J connectivity index is 1.79. The van der Waals surface area contributed by atoms with Gasteiger partial charge in [-0.3, -0.25) is 14.4 Å². The fraction of sp³-hybridized carbons (Fsp3) is 0.857. The van der Waals surface area contributed by atoms with Gasteiger partial charge in [0.05, 0.1) is 17.8 Å². The van der Waals surface area contributed by atoms with E-state index < -0.39 is 35.7 Å². The molecule has 4 saturated carbocycles. The van der Waals surface area contributed by atoms with Gasteiger partial charge in [-0.15, -0.1) is 0 Å². The zero-order valence-corrected chi connectivity index (χ0v) is 15.6. The van der Waals surface area contributed by atoms with Crippen molar-refractivity contribution in [1.82, 2.24) is 0 Å². The van der Waals surface area contributed by atoms with Crippen molar-refractivity contribution < 1.29 is 29.7 Å². The summed E-state index contributed by atoms with van der Waals surface area (Å²) in [6, 6.07) is 0. The number of hydrogen-bond donors (Lipinski definition) is 3. The molecular weight excluding hydrogens is 348 g/mol. The zero-order valence-electron chi connectivity index (χ0n) is 15.6. The van der Waals surface area contributed by atoms with Crippen molar-refractivity contribution >= 4 is 17.9 Å². The Bertz CT molecular complexity index is 630. The molecule has 4 aliphatic carbocycles. The van der Waals surface area contributed by atoms with Crippen molar-refractivity contribution in [3.63, 3.8) is 0 Å². The molecule has 0 aromatic heterocycles. The molecule has 4 fully saturated rings. The molecule has 150 valence electrons. The van der Waals surface area contributed by atoms with E-state index in [1.54, 1.807) is 0 Å². The van der Waals surface area contributed by atoms with Crippen molar-refractivity contribution in [2.45, 2.75) is 57.8 Å². The first-order chi connectivity index (χ1) is 12.9. The number of fused-ring (bicyclic) bond motifs is 6. The van der Waals surface area contributed by atoms with Crippen molar-refractivity contribution in [2.75, 3.05) is 0 Å². The molecule has 27 heavy (non-hydrogen) atoms. The summed E-state index contributed by atoms with van der Waals surface area (Å²) in [7, 11) is 0. The highest BCUT2D eigenvalue weighted by molar-refractivity contribution is 5.86. The molecule has 9 unspecified atom stereocenters. The number of rotatable bonds is 3. The molecule has 4 aliphatic rings. The van der Waals surface area contributed by atoms with Crippen LogP contribution >= 0.6 is 0 Å². The lowest BCUT2D eigenvalue weighted by atomic mass is 9.44. The van der Waals surface area contributed by atoms with E-state index in [0.717, 1.165) is 32.1 Å². The molecule has 0 aliphatic heterocycles. The summed E-state index contributed by atoms with van der Waals surface area (Å²) in [5.74, 6) is -5.41. The first-order valence-electron chi connectivity index (χ1n) is 10.6. The van der Waals surface area contributed by atoms with E-state index in [1.165, 1.54) is 19.3 Å². The highest BCUT2D eigenvalue weighted by atomic mass is 16.4. The third-order valence-corrected chi connectivity index (χ3v) is 8.49. The van der Waals surface area contributed by atoms with Gasteiger partial charge in [-0.2, -0.15) is 0 Å². The first-order valence-corrected chi connectivity index (χ1v) is 10.6. The fourth-order valence-electron chi connectivity index (χ4n) is 7.74. The second kappa shape index (κ2) is 7.10. The van der Waals surface area contributed by atoms with Crippen molar-refractivity contribution in [1.29, 1.82) is 0 Å². The molecule has 3 N–H and O–H groups in total. The quantitative estimate of drug-likeness (QED) is 0.694. The molecule has 0 aromatic rings. The Morgan fingerprint density at radius 3 is 1.48 bits per heavy atom. The summed E-state index contributed by atoms with van der Waals surface area (Å²) in [4.78, 5) is 36.1. The maximum absolute atomic E-state index is 12.3. The summed E-state index contributed by atoms with van der Waals surface area (Å²) in [6.45, 7) is 0. The molecule has 0 spiro atoms. The normalized spacial score (nSPS) is 46.4. The lowest BCUT2D eigenvalue weighted by Crippen LogP contribution is -2.59. The predicted octanol–water partition coefficient (Wildman–Crippen LogP) is 3.35. The number of aliphatic carboxylic acids is 3. The highest BCUT2D eigenvalue weighted by Crippen LogP contribution is 2.62. The molecule has 6 nitrogen and oxygen atoms in total. The maximum Gasteiger partial charge on any atom is 0.308 e. The van der Waals surface area contributed by atoms with E-state index >= 15 is 0 Å². The van der Waals surface area contributed by atoms with E-state index in [2.05, 4.69) is 0 Å². The van der Waals surface area contributed by atoms with Gasteiger partial charge < -0.3 is 15.3 Å². The van der Waals surface area contributed by atoms with Gasteiger partial charge >= 0.3 is 17.9 Å². The number of hydrogen-bond acceptors (Lipinski definition) is 3. The monoisotopic (exact) mass is 378 g/mol. The number of carboxylic acid groups (broad SMARTS) is 3. The van der Waals surface area contributed by atoms with Crippen LogP contribution in [0.3, 0.4) is 0 Å². The van der Waals surface area contributed by atoms with Gasteiger partial charge in [0.1, 0.15) is 0 Å². The van der Waals surface area contributed by atoms with Crippen LogP contribution in [0.5, 0.6) is 0 Å². The second-order valence-corrected chi connectivity index (χ2v) is 9.37. The maximum atomic E-state index is 12.3. The van der Waals surface area contributed by atoms with Gasteiger partial charge in [0.25, 0.3) is 0 Å². The zero-order chi connectivity index (χ0) is 19.3. The van der Waals surface area contributed by atoms with Crippen LogP contribution in [0.25, 0.3) is 0 Å². The molecule has 0 heterocycles. The Morgan fingerprint density at radius 1 is 0.556 bits per heavy atom. The molecule has 9 atom stereocenters. The van der Waals surface area contributed by atoms with Crippen LogP contribution in [0, 0.1) is 53.3 Å². The fourth-order valence-corrected chi connectivity index (χ4v) is 7.74. The van der Waals surface area contributed by atoms with Crippen LogP contribution in [0.2, 0.25) is 0 Å². The van der Waals surface area contributed by atoms with E-state index in [1.807, 2.05) is 0 Å². The van der Waals surface area contributed by atoms with Gasteiger partial charge in [-0.25, -0.2) is 0 Å². The van der Waals surface area contributed by atoms with Gasteiger partial charge in [0, 0.05) is 0 Å². The Kier molecular flexibility index (Phi) is 4.93. The predicted molar refractivity (Wildman–Crippen MR) is 95.9 cm³/mol. The van der Waals surface area contributed by atoms with Gasteiger partial charge in [-0.05, 0) is 67.6 Å². The van der Waals surface area contributed by atoms with E-state index in [0.29, 0.717) is 24.2 Å². The van der Waals surface area contributed by atoms with Gasteiger partial charge in [0.2, 0.25) is 0 Å². The molecule has 0 bridgehead atoms. The van der Waals surface area contributed by atoms with Gasteiger partial charge in [0.15, 0.2) is 0 Å². The van der Waals surface area contributed by atoms with Crippen LogP contribution in [0.1, 0.15) is 57.8 Å². The van der Waals surface area contributed by atoms with E-state index in [9.17, 15) is 29.7 Å². The Labute approximate surface area is 159 Å². The highest BCUT2D eigenvalue weighted by Gasteiger charge is 2.61. The number of carboxylic acids is 3. The van der Waals surface area contributed by atoms with Crippen molar-refractivity contribution in [3.8, 4) is 0 Å². The third-order valence-electron chi connectivity index (χ3n) is 8.49. The largest absolute Gasteiger partial charge is 0.481 e. The summed E-state index contributed by atoms with van der Waals surface area (Å²) < 4.78 is 0. The van der Waals surface area contributed by atoms with Crippen LogP contribution < -0.4 is 0 Å². The van der Waals surface area contributed by atoms with Crippen LogP contribution in [0.4, 0.5) is 0 Å². The van der Waals surface area contributed by atoms with E-state index in [-0.39, 0.29) is 17.8 Å². The topological polar surface area (TPSA) is 112 Å². The standard InChI is InChI=1S/C21H30O6/c22-19(23)15-9-14-12-7-2-1-5-10(12)11-6-3-4-8-13(11)16(14)18(21(26)27)17(15)20(24)25/h10-18H,1-9H2,(H,22,23)(H,24,25)(H,26,27). The molecular formula is C21H30O6. The molecule has 0 radical (unpaired) electrons. The smallest absolute Gasteiger partial charge is 0.308 e. The molecule has 0 amide bonds. The summed E-state index contributed by atoms with van der Waals surface area (Å²) in [6.07, 6.45) is 9.26. The summed E-state index contributed by atoms with van der Waals surface area (Å²) in [5.41, 5.74) is 0. The van der Waals surface area contributed by atoms with E-state index in [4.69, 9.17) is 0 Å². The van der Waals surface area contributed by atoms with Crippen LogP contribution in [-0.4, -0.2) is 33.2 Å². The molecule has 0 aromatic carbocycles. The number of carbonyl (C=O) groups is 3. The lowest BCUT2D eigenvalue weighted by Gasteiger charge is -2.60. The van der Waals surface area contributed by atoms with Crippen molar-refractivity contribution in [2.24, 2.45) is 53.3 Å². The Hall–Kier alpha value is -1.59. The van der Waals surface area contributed by atoms with Crippen LogP contribution in [-0.2, 0) is 14.4 Å². The van der Waals surface area contributed by atoms with Gasteiger partial charge in [-0.1, -0.05) is 25.7 Å². The minimum Gasteiger partial charge on any atom is -0.481 e. The molecule has 0 saturated heterocycles. The second-order valence-electron chi connectivity index (χ2n) is 9.37. The Morgan fingerprint density at radius 2 is 1.00 bits per heavy atom. The minimum atomic E-state index is -1.32. The van der Waals surface area contributed by atoms with Crippen molar-refractivity contribution in [3.05, 3.63) is 0 Å². The summed E-state index contributed by atoms with van der Waals surface area (Å²) in [5, 5.41) is 29.5. The minimum absolute atomic E-state index is 0.0486.